The van der Waals surface area contributed by atoms with Gasteiger partial charge in [-0.05, 0) is 30.4 Å². The third-order valence-electron chi connectivity index (χ3n) is 6.17. The summed E-state index contributed by atoms with van der Waals surface area (Å²) in [6.07, 6.45) is 1.62. The van der Waals surface area contributed by atoms with Crippen LogP contribution in [0.15, 0.2) is 60.0 Å². The number of nitrogens with one attached hydrogen (secondary N) is 1. The predicted molar refractivity (Wildman–Crippen MR) is 141 cm³/mol. The topological polar surface area (TPSA) is 117 Å². The van der Waals surface area contributed by atoms with Gasteiger partial charge in [0.25, 0.3) is 0 Å². The van der Waals surface area contributed by atoms with Crippen LogP contribution in [-0.4, -0.2) is 49.2 Å². The molecule has 2 heterocycles. The summed E-state index contributed by atoms with van der Waals surface area (Å²) in [7, 11) is -3.55. The number of carboxylic acids is 1. The number of thiazole rings is 1. The first-order valence-corrected chi connectivity index (χ1v) is 14.5. The highest BCUT2D eigenvalue weighted by Gasteiger charge is 2.39. The normalized spacial score (nSPS) is 21.1. The van der Waals surface area contributed by atoms with Crippen molar-refractivity contribution in [1.82, 2.24) is 9.71 Å². The van der Waals surface area contributed by atoms with Crippen molar-refractivity contribution in [1.29, 1.82) is 0 Å². The summed E-state index contributed by atoms with van der Waals surface area (Å²) in [6, 6.07) is 15.9. The third-order valence-corrected chi connectivity index (χ3v) is 8.13. The number of nitrogens with zero attached hydrogens (tertiary/aromatic N) is 2. The number of halogens is 1. The van der Waals surface area contributed by atoms with E-state index in [4.69, 9.17) is 11.6 Å². The second-order valence-electron chi connectivity index (χ2n) is 8.83. The summed E-state index contributed by atoms with van der Waals surface area (Å²) in [6.45, 7) is 0.0407. The number of carbonyl (C=O) groups is 2. The summed E-state index contributed by atoms with van der Waals surface area (Å²) in [5.41, 5.74) is 2.13. The van der Waals surface area contributed by atoms with Gasteiger partial charge in [0.05, 0.1) is 24.3 Å². The van der Waals surface area contributed by atoms with Gasteiger partial charge < -0.3 is 5.11 Å². The number of carbonyl (C=O) groups excluding carboxylic acids is 1. The summed E-state index contributed by atoms with van der Waals surface area (Å²) in [5.74, 6) is -2.70. The number of aliphatic carboxylic acids is 1. The van der Waals surface area contributed by atoms with E-state index in [2.05, 4.69) is 9.71 Å². The number of aromatic nitrogens is 1. The van der Waals surface area contributed by atoms with E-state index in [0.717, 1.165) is 11.8 Å². The summed E-state index contributed by atoms with van der Waals surface area (Å²) >= 11 is 7.56. The Balaban J connectivity index is 1.77. The average molecular weight is 548 g/mol. The minimum atomic E-state index is -3.55. The molecule has 1 aliphatic rings. The van der Waals surface area contributed by atoms with Gasteiger partial charge >= 0.3 is 5.97 Å². The Labute approximate surface area is 219 Å². The van der Waals surface area contributed by atoms with Crippen molar-refractivity contribution in [2.75, 3.05) is 17.7 Å². The lowest BCUT2D eigenvalue weighted by molar-refractivity contribution is -0.141. The number of benzene rings is 2. The fourth-order valence-corrected chi connectivity index (χ4v) is 6.49. The molecule has 1 saturated heterocycles. The van der Waals surface area contributed by atoms with E-state index in [9.17, 15) is 23.1 Å². The summed E-state index contributed by atoms with van der Waals surface area (Å²) in [4.78, 5) is 31.9. The van der Waals surface area contributed by atoms with E-state index in [1.54, 1.807) is 11.4 Å². The van der Waals surface area contributed by atoms with Crippen molar-refractivity contribution in [2.24, 2.45) is 5.92 Å². The molecule has 2 N–H and O–H groups in total. The van der Waals surface area contributed by atoms with Crippen LogP contribution < -0.4 is 9.62 Å². The molecule has 3 aromatic rings. The molecule has 4 rings (SSSR count). The molecule has 1 amide bonds. The standard InChI is InChI=1S/C25H26ClN3O5S2/c1-36(33,34)28-17-11-12-18(16-7-3-2-4-8-16)20(13-23(30)31)24(32)29(14-17)25-27-22(15-35-25)19-9-5-6-10-21(19)26/h2-10,15,17-18,20,28H,11-14H2,1H3,(H,30,31)/t17-,18-,20+/m1/s1. The first kappa shape index (κ1) is 26.3. The Morgan fingerprint density at radius 3 is 2.53 bits per heavy atom. The Morgan fingerprint density at radius 2 is 1.86 bits per heavy atom. The summed E-state index contributed by atoms with van der Waals surface area (Å²) in [5, 5.41) is 12.3. The molecule has 2 aromatic carbocycles. The van der Waals surface area contributed by atoms with E-state index >= 15 is 0 Å². The van der Waals surface area contributed by atoms with Gasteiger partial charge in [0, 0.05) is 28.6 Å². The predicted octanol–water partition coefficient (Wildman–Crippen LogP) is 4.38. The quantitative estimate of drug-likeness (QED) is 0.453. The molecule has 0 radical (unpaired) electrons. The zero-order valence-corrected chi connectivity index (χ0v) is 21.9. The number of amides is 1. The fraction of sp³-hybridized carbons (Fsp3) is 0.320. The number of hydrogen-bond acceptors (Lipinski definition) is 6. The minimum absolute atomic E-state index is 0.0407. The number of anilines is 1. The number of hydrogen-bond donors (Lipinski definition) is 2. The number of carboxylic acid groups (broad SMARTS) is 1. The van der Waals surface area contributed by atoms with Crippen LogP contribution >= 0.6 is 22.9 Å². The largest absolute Gasteiger partial charge is 0.481 e. The molecular formula is C25H26ClN3O5S2. The zero-order chi connectivity index (χ0) is 25.9. The van der Waals surface area contributed by atoms with Gasteiger partial charge in [0.2, 0.25) is 15.9 Å². The lowest BCUT2D eigenvalue weighted by Crippen LogP contribution is -2.50. The van der Waals surface area contributed by atoms with Crippen molar-refractivity contribution < 1.29 is 23.1 Å². The molecule has 11 heteroatoms. The number of sulfonamides is 1. The zero-order valence-electron chi connectivity index (χ0n) is 19.5. The van der Waals surface area contributed by atoms with E-state index in [1.807, 2.05) is 48.5 Å². The summed E-state index contributed by atoms with van der Waals surface area (Å²) < 4.78 is 26.8. The highest BCUT2D eigenvalue weighted by Crippen LogP contribution is 2.38. The molecule has 0 spiro atoms. The molecule has 190 valence electrons. The molecule has 0 saturated carbocycles. The van der Waals surface area contributed by atoms with Crippen LogP contribution in [0.5, 0.6) is 0 Å². The van der Waals surface area contributed by atoms with Crippen molar-refractivity contribution in [3.8, 4) is 11.3 Å². The van der Waals surface area contributed by atoms with Crippen molar-refractivity contribution >= 4 is 50.0 Å². The van der Waals surface area contributed by atoms with Crippen LogP contribution in [0.1, 0.15) is 30.7 Å². The number of rotatable bonds is 7. The van der Waals surface area contributed by atoms with Crippen LogP contribution in [0.4, 0.5) is 5.13 Å². The molecule has 3 atom stereocenters. The first-order valence-electron chi connectivity index (χ1n) is 11.4. The molecular weight excluding hydrogens is 522 g/mol. The Kier molecular flexibility index (Phi) is 8.09. The van der Waals surface area contributed by atoms with Crippen molar-refractivity contribution in [2.45, 2.75) is 31.2 Å². The van der Waals surface area contributed by atoms with Gasteiger partial charge in [0.15, 0.2) is 5.13 Å². The lowest BCUT2D eigenvalue weighted by Gasteiger charge is -2.36. The van der Waals surface area contributed by atoms with Crippen LogP contribution in [0.3, 0.4) is 0 Å². The van der Waals surface area contributed by atoms with Gasteiger partial charge in [-0.3, -0.25) is 14.5 Å². The second kappa shape index (κ2) is 11.1. The molecule has 8 nitrogen and oxygen atoms in total. The van der Waals surface area contributed by atoms with Crippen molar-refractivity contribution in [3.63, 3.8) is 0 Å². The van der Waals surface area contributed by atoms with Gasteiger partial charge in [-0.25, -0.2) is 18.1 Å². The van der Waals surface area contributed by atoms with E-state index in [1.165, 1.54) is 16.2 Å². The molecule has 1 fully saturated rings. The van der Waals surface area contributed by atoms with Crippen LogP contribution in [0.25, 0.3) is 11.3 Å². The van der Waals surface area contributed by atoms with Crippen LogP contribution in [0.2, 0.25) is 5.02 Å². The lowest BCUT2D eigenvalue weighted by atomic mass is 9.78. The van der Waals surface area contributed by atoms with Gasteiger partial charge in [0.1, 0.15) is 0 Å². The SMILES string of the molecule is CS(=O)(=O)N[C@@H]1CC[C@H](c2ccccc2)[C@H](CC(=O)O)C(=O)N(c2nc(-c3ccccc3Cl)cs2)C1. The van der Waals surface area contributed by atoms with Gasteiger partial charge in [-0.2, -0.15) is 0 Å². The van der Waals surface area contributed by atoms with Gasteiger partial charge in [-0.15, -0.1) is 11.3 Å². The molecule has 1 aromatic heterocycles. The Bertz CT molecular complexity index is 1350. The van der Waals surface area contributed by atoms with Crippen LogP contribution in [-0.2, 0) is 19.6 Å². The third kappa shape index (κ3) is 6.31. The first-order chi connectivity index (χ1) is 17.1. The maximum Gasteiger partial charge on any atom is 0.304 e. The van der Waals surface area contributed by atoms with E-state index < -0.39 is 39.8 Å². The Hall–Kier alpha value is -2.79. The smallest absolute Gasteiger partial charge is 0.304 e. The maximum absolute atomic E-state index is 14.0. The van der Waals surface area contributed by atoms with E-state index in [-0.39, 0.29) is 13.0 Å². The average Bonchev–Trinajstić information content (AvgIpc) is 3.30. The highest BCUT2D eigenvalue weighted by atomic mass is 35.5. The maximum atomic E-state index is 14.0. The van der Waals surface area contributed by atoms with Crippen molar-refractivity contribution in [3.05, 3.63) is 70.6 Å². The monoisotopic (exact) mass is 547 g/mol. The molecule has 0 unspecified atom stereocenters. The molecule has 0 bridgehead atoms. The highest BCUT2D eigenvalue weighted by molar-refractivity contribution is 7.88. The molecule has 0 aliphatic carbocycles. The fourth-order valence-electron chi connectivity index (χ4n) is 4.62. The van der Waals surface area contributed by atoms with Gasteiger partial charge in [-0.1, -0.05) is 60.1 Å². The van der Waals surface area contributed by atoms with E-state index in [0.29, 0.717) is 34.3 Å². The minimum Gasteiger partial charge on any atom is -0.481 e. The van der Waals surface area contributed by atoms with Crippen LogP contribution in [0, 0.1) is 5.92 Å². The second-order valence-corrected chi connectivity index (χ2v) is 11.9. The Morgan fingerprint density at radius 1 is 1.17 bits per heavy atom. The molecule has 36 heavy (non-hydrogen) atoms. The molecule has 1 aliphatic heterocycles.